The summed E-state index contributed by atoms with van der Waals surface area (Å²) in [6.45, 7) is 7.86. The van der Waals surface area contributed by atoms with Crippen LogP contribution in [0.4, 0.5) is 0 Å². The summed E-state index contributed by atoms with van der Waals surface area (Å²) in [6.07, 6.45) is 0. The second-order valence-corrected chi connectivity index (χ2v) is 3.43. The normalized spacial score (nSPS) is 10.6. The first-order valence-corrected chi connectivity index (χ1v) is 4.33. The molecule has 0 aliphatic heterocycles. The molecule has 0 amide bonds. The topological polar surface area (TPSA) is 13.1 Å². The fourth-order valence-corrected chi connectivity index (χ4v) is 1.35. The van der Waals surface area contributed by atoms with Gasteiger partial charge in [0, 0.05) is 5.39 Å². The van der Waals surface area contributed by atoms with Crippen molar-refractivity contribution >= 4 is 16.5 Å². The summed E-state index contributed by atoms with van der Waals surface area (Å²) in [6, 6.07) is 8.22. The smallest absolute Gasteiger partial charge is 0.135 e. The summed E-state index contributed by atoms with van der Waals surface area (Å²) in [4.78, 5) is 0. The Hall–Kier alpha value is -1.50. The Morgan fingerprint density at radius 3 is 2.77 bits per heavy atom. The van der Waals surface area contributed by atoms with Gasteiger partial charge in [0.25, 0.3) is 0 Å². The van der Waals surface area contributed by atoms with E-state index in [9.17, 15) is 0 Å². The van der Waals surface area contributed by atoms with Crippen LogP contribution >= 0.6 is 0 Å². The van der Waals surface area contributed by atoms with Crippen LogP contribution in [-0.4, -0.2) is 0 Å². The standard InChI is InChI=1S/C12H12O/c1-8(2)11-7-10-5-4-9(3)6-12(10)13-11/h4-7H,1H2,2-3H3. The first-order valence-electron chi connectivity index (χ1n) is 4.33. The van der Waals surface area contributed by atoms with E-state index in [1.54, 1.807) is 0 Å². The molecular formula is C12H12O. The third kappa shape index (κ3) is 1.37. The SMILES string of the molecule is C=C(C)c1cc2ccc(C)cc2o1. The van der Waals surface area contributed by atoms with E-state index in [0.29, 0.717) is 0 Å². The molecule has 1 aromatic heterocycles. The van der Waals surface area contributed by atoms with E-state index in [-0.39, 0.29) is 0 Å². The van der Waals surface area contributed by atoms with Gasteiger partial charge in [-0.3, -0.25) is 0 Å². The Balaban J connectivity index is 2.68. The highest BCUT2D eigenvalue weighted by molar-refractivity contribution is 5.81. The van der Waals surface area contributed by atoms with Crippen LogP contribution in [0.2, 0.25) is 0 Å². The molecule has 0 bridgehead atoms. The van der Waals surface area contributed by atoms with Crippen molar-refractivity contribution in [3.05, 3.63) is 42.2 Å². The lowest BCUT2D eigenvalue weighted by Crippen LogP contribution is -1.67. The molecule has 13 heavy (non-hydrogen) atoms. The van der Waals surface area contributed by atoms with Crippen LogP contribution in [0.1, 0.15) is 18.2 Å². The minimum absolute atomic E-state index is 0.876. The van der Waals surface area contributed by atoms with Crippen molar-refractivity contribution in [1.29, 1.82) is 0 Å². The van der Waals surface area contributed by atoms with Gasteiger partial charge in [0.15, 0.2) is 0 Å². The molecule has 2 aromatic rings. The zero-order chi connectivity index (χ0) is 9.42. The second kappa shape index (κ2) is 2.77. The van der Waals surface area contributed by atoms with Crippen molar-refractivity contribution in [3.8, 4) is 0 Å². The van der Waals surface area contributed by atoms with Gasteiger partial charge >= 0.3 is 0 Å². The van der Waals surface area contributed by atoms with E-state index in [1.165, 1.54) is 5.56 Å². The Labute approximate surface area is 77.7 Å². The quantitative estimate of drug-likeness (QED) is 0.638. The first-order chi connectivity index (χ1) is 6.16. The lowest BCUT2D eigenvalue weighted by Gasteiger charge is -1.90. The molecule has 0 radical (unpaired) electrons. The van der Waals surface area contributed by atoms with E-state index >= 15 is 0 Å². The lowest BCUT2D eigenvalue weighted by molar-refractivity contribution is 0.599. The van der Waals surface area contributed by atoms with Crippen molar-refractivity contribution in [1.82, 2.24) is 0 Å². The molecule has 2 rings (SSSR count). The minimum atomic E-state index is 0.876. The zero-order valence-corrected chi connectivity index (χ0v) is 7.92. The average molecular weight is 172 g/mol. The number of fused-ring (bicyclic) bond motifs is 1. The van der Waals surface area contributed by atoms with Crippen LogP contribution < -0.4 is 0 Å². The Kier molecular flexibility index (Phi) is 1.73. The number of benzene rings is 1. The maximum Gasteiger partial charge on any atom is 0.135 e. The summed E-state index contributed by atoms with van der Waals surface area (Å²) < 4.78 is 5.61. The van der Waals surface area contributed by atoms with Crippen LogP contribution in [0.15, 0.2) is 35.3 Å². The molecule has 0 saturated heterocycles. The number of allylic oxidation sites excluding steroid dienone is 1. The number of hydrogen-bond donors (Lipinski definition) is 0. The van der Waals surface area contributed by atoms with Gasteiger partial charge in [-0.15, -0.1) is 0 Å². The maximum absolute atomic E-state index is 5.61. The molecule has 0 fully saturated rings. The Morgan fingerprint density at radius 1 is 1.31 bits per heavy atom. The average Bonchev–Trinajstić information content (AvgIpc) is 2.46. The van der Waals surface area contributed by atoms with E-state index < -0.39 is 0 Å². The molecule has 66 valence electrons. The predicted molar refractivity (Wildman–Crippen MR) is 55.7 cm³/mol. The highest BCUT2D eigenvalue weighted by Gasteiger charge is 2.03. The molecule has 1 nitrogen and oxygen atoms in total. The molecule has 1 heteroatoms. The van der Waals surface area contributed by atoms with Crippen LogP contribution in [0.3, 0.4) is 0 Å². The van der Waals surface area contributed by atoms with Crippen molar-refractivity contribution < 1.29 is 4.42 Å². The minimum Gasteiger partial charge on any atom is -0.456 e. The molecule has 0 aliphatic rings. The fraction of sp³-hybridized carbons (Fsp3) is 0.167. The van der Waals surface area contributed by atoms with E-state index in [2.05, 4.69) is 25.6 Å². The maximum atomic E-state index is 5.61. The third-order valence-corrected chi connectivity index (χ3v) is 2.10. The van der Waals surface area contributed by atoms with Gasteiger partial charge in [-0.05, 0) is 37.1 Å². The molecule has 0 unspecified atom stereocenters. The number of rotatable bonds is 1. The first kappa shape index (κ1) is 8.11. The van der Waals surface area contributed by atoms with Crippen LogP contribution in [0.25, 0.3) is 16.5 Å². The van der Waals surface area contributed by atoms with Crippen molar-refractivity contribution in [2.24, 2.45) is 0 Å². The molecule has 1 heterocycles. The summed E-state index contributed by atoms with van der Waals surface area (Å²) in [5.41, 5.74) is 3.13. The highest BCUT2D eigenvalue weighted by Crippen LogP contribution is 2.24. The molecule has 0 N–H and O–H groups in total. The van der Waals surface area contributed by atoms with Gasteiger partial charge < -0.3 is 4.42 Å². The number of furan rings is 1. The van der Waals surface area contributed by atoms with Crippen molar-refractivity contribution in [3.63, 3.8) is 0 Å². The summed E-state index contributed by atoms with van der Waals surface area (Å²) >= 11 is 0. The molecule has 1 aromatic carbocycles. The van der Waals surface area contributed by atoms with E-state index in [0.717, 1.165) is 22.3 Å². The van der Waals surface area contributed by atoms with E-state index in [4.69, 9.17) is 4.42 Å². The van der Waals surface area contributed by atoms with Crippen LogP contribution in [0.5, 0.6) is 0 Å². The molecule has 0 spiro atoms. The summed E-state index contributed by atoms with van der Waals surface area (Å²) in [5, 5.41) is 1.14. The molecule has 0 aliphatic carbocycles. The number of aryl methyl sites for hydroxylation is 1. The van der Waals surface area contributed by atoms with E-state index in [1.807, 2.05) is 19.1 Å². The van der Waals surface area contributed by atoms with Gasteiger partial charge in [0.2, 0.25) is 0 Å². The van der Waals surface area contributed by atoms with Crippen molar-refractivity contribution in [2.45, 2.75) is 13.8 Å². The molecule has 0 saturated carbocycles. The lowest BCUT2D eigenvalue weighted by atomic mass is 10.2. The van der Waals surface area contributed by atoms with Crippen LogP contribution in [-0.2, 0) is 0 Å². The van der Waals surface area contributed by atoms with Gasteiger partial charge in [-0.1, -0.05) is 18.7 Å². The third-order valence-electron chi connectivity index (χ3n) is 2.10. The van der Waals surface area contributed by atoms with Gasteiger partial charge in [-0.2, -0.15) is 0 Å². The fourth-order valence-electron chi connectivity index (χ4n) is 1.35. The summed E-state index contributed by atoms with van der Waals surface area (Å²) in [5.74, 6) is 0.876. The zero-order valence-electron chi connectivity index (χ0n) is 7.92. The molecule has 0 atom stereocenters. The summed E-state index contributed by atoms with van der Waals surface area (Å²) in [7, 11) is 0. The number of hydrogen-bond acceptors (Lipinski definition) is 1. The van der Waals surface area contributed by atoms with Gasteiger partial charge in [0.05, 0.1) is 0 Å². The second-order valence-electron chi connectivity index (χ2n) is 3.43. The largest absolute Gasteiger partial charge is 0.456 e. The monoisotopic (exact) mass is 172 g/mol. The molecular weight excluding hydrogens is 160 g/mol. The van der Waals surface area contributed by atoms with Crippen molar-refractivity contribution in [2.75, 3.05) is 0 Å². The Morgan fingerprint density at radius 2 is 2.08 bits per heavy atom. The highest BCUT2D eigenvalue weighted by atomic mass is 16.3. The van der Waals surface area contributed by atoms with Gasteiger partial charge in [0.1, 0.15) is 11.3 Å². The van der Waals surface area contributed by atoms with Crippen LogP contribution in [0, 0.1) is 6.92 Å². The Bertz CT molecular complexity index is 463. The van der Waals surface area contributed by atoms with Gasteiger partial charge in [-0.25, -0.2) is 0 Å². The predicted octanol–water partition coefficient (Wildman–Crippen LogP) is 3.77.